The molecule has 8 nitrogen and oxygen atoms in total. The lowest BCUT2D eigenvalue weighted by Gasteiger charge is -2.32. The number of benzene rings is 1. The van der Waals surface area contributed by atoms with Crippen LogP contribution in [0.2, 0.25) is 0 Å². The molecule has 1 unspecified atom stereocenters. The van der Waals surface area contributed by atoms with E-state index in [0.717, 1.165) is 24.7 Å². The highest BCUT2D eigenvalue weighted by molar-refractivity contribution is 7.88. The van der Waals surface area contributed by atoms with Crippen molar-refractivity contribution in [1.82, 2.24) is 9.62 Å². The van der Waals surface area contributed by atoms with Gasteiger partial charge >= 0.3 is 0 Å². The van der Waals surface area contributed by atoms with E-state index in [0.29, 0.717) is 18.7 Å². The first kappa shape index (κ1) is 20.1. The van der Waals surface area contributed by atoms with Gasteiger partial charge in [0.25, 0.3) is 5.91 Å². The third-order valence-electron chi connectivity index (χ3n) is 4.58. The summed E-state index contributed by atoms with van der Waals surface area (Å²) in [5, 5.41) is 5.53. The summed E-state index contributed by atoms with van der Waals surface area (Å²) in [7, 11) is -3.43. The number of sulfonamides is 1. The normalized spacial score (nSPS) is 17.8. The van der Waals surface area contributed by atoms with Crippen molar-refractivity contribution in [3.63, 3.8) is 0 Å². The molecule has 1 aliphatic heterocycles. The Hall–Kier alpha value is -2.65. The van der Waals surface area contributed by atoms with Crippen LogP contribution in [-0.2, 0) is 21.4 Å². The number of rotatable bonds is 6. The van der Waals surface area contributed by atoms with Crippen molar-refractivity contribution in [2.24, 2.45) is 0 Å². The lowest BCUT2D eigenvalue weighted by Crippen LogP contribution is -2.51. The molecule has 1 fully saturated rings. The molecule has 150 valence electrons. The van der Waals surface area contributed by atoms with Crippen LogP contribution in [0.25, 0.3) is 0 Å². The molecule has 28 heavy (non-hydrogen) atoms. The van der Waals surface area contributed by atoms with Gasteiger partial charge in [-0.2, -0.15) is 4.31 Å². The highest BCUT2D eigenvalue weighted by atomic mass is 32.2. The molecule has 1 atom stereocenters. The number of anilines is 1. The molecular weight excluding hydrogens is 382 g/mol. The number of nitrogens with zero attached hydrogens (tertiary/aromatic N) is 1. The van der Waals surface area contributed by atoms with E-state index in [1.165, 1.54) is 10.6 Å². The van der Waals surface area contributed by atoms with E-state index in [1.54, 1.807) is 30.3 Å². The van der Waals surface area contributed by atoms with E-state index >= 15 is 0 Å². The number of piperidine rings is 1. The minimum absolute atomic E-state index is 0.205. The highest BCUT2D eigenvalue weighted by Gasteiger charge is 2.34. The van der Waals surface area contributed by atoms with Crippen LogP contribution >= 0.6 is 0 Å². The van der Waals surface area contributed by atoms with Crippen molar-refractivity contribution in [3.05, 3.63) is 54.0 Å². The second-order valence-electron chi connectivity index (χ2n) is 6.73. The maximum atomic E-state index is 12.5. The zero-order valence-electron chi connectivity index (χ0n) is 15.6. The Labute approximate surface area is 164 Å². The molecule has 0 saturated carbocycles. The minimum Gasteiger partial charge on any atom is -0.459 e. The van der Waals surface area contributed by atoms with E-state index in [2.05, 4.69) is 10.6 Å². The number of furan rings is 1. The molecule has 1 saturated heterocycles. The summed E-state index contributed by atoms with van der Waals surface area (Å²) in [6.07, 6.45) is 4.64. The van der Waals surface area contributed by atoms with E-state index in [1.807, 2.05) is 6.07 Å². The van der Waals surface area contributed by atoms with Gasteiger partial charge in [-0.3, -0.25) is 9.59 Å². The van der Waals surface area contributed by atoms with Crippen molar-refractivity contribution in [1.29, 1.82) is 0 Å². The van der Waals surface area contributed by atoms with Gasteiger partial charge in [0, 0.05) is 18.8 Å². The maximum absolute atomic E-state index is 12.5. The minimum atomic E-state index is -3.43. The fourth-order valence-corrected chi connectivity index (χ4v) is 4.35. The second-order valence-corrected chi connectivity index (χ2v) is 8.67. The van der Waals surface area contributed by atoms with Gasteiger partial charge in [0.1, 0.15) is 6.04 Å². The summed E-state index contributed by atoms with van der Waals surface area (Å²) < 4.78 is 30.2. The summed E-state index contributed by atoms with van der Waals surface area (Å²) in [6.45, 7) is 0.600. The van der Waals surface area contributed by atoms with Gasteiger partial charge in [0.2, 0.25) is 15.9 Å². The smallest absolute Gasteiger partial charge is 0.291 e. The Morgan fingerprint density at radius 1 is 1.21 bits per heavy atom. The highest BCUT2D eigenvalue weighted by Crippen LogP contribution is 2.20. The third kappa shape index (κ3) is 4.99. The Morgan fingerprint density at radius 3 is 2.75 bits per heavy atom. The van der Waals surface area contributed by atoms with Gasteiger partial charge in [-0.25, -0.2) is 8.42 Å². The van der Waals surface area contributed by atoms with Crippen LogP contribution in [0, 0.1) is 0 Å². The molecule has 9 heteroatoms. The van der Waals surface area contributed by atoms with Crippen LogP contribution in [0.3, 0.4) is 0 Å². The fraction of sp³-hybridized carbons (Fsp3) is 0.368. The molecular formula is C19H23N3O5S. The molecule has 1 aromatic heterocycles. The molecule has 0 spiro atoms. The Morgan fingerprint density at radius 2 is 2.04 bits per heavy atom. The van der Waals surface area contributed by atoms with Crippen LogP contribution in [0.5, 0.6) is 0 Å². The van der Waals surface area contributed by atoms with Gasteiger partial charge in [-0.15, -0.1) is 0 Å². The molecule has 2 N–H and O–H groups in total. The molecule has 1 aromatic carbocycles. The van der Waals surface area contributed by atoms with Gasteiger partial charge < -0.3 is 15.1 Å². The predicted molar refractivity (Wildman–Crippen MR) is 104 cm³/mol. The van der Waals surface area contributed by atoms with E-state index in [-0.39, 0.29) is 24.1 Å². The van der Waals surface area contributed by atoms with Crippen LogP contribution < -0.4 is 10.6 Å². The molecule has 1 aliphatic rings. The third-order valence-corrected chi connectivity index (χ3v) is 5.87. The van der Waals surface area contributed by atoms with Crippen molar-refractivity contribution >= 4 is 27.5 Å². The first-order chi connectivity index (χ1) is 13.3. The molecule has 2 amide bonds. The number of amides is 2. The Kier molecular flexibility index (Phi) is 6.15. The molecule has 2 aromatic rings. The molecule has 0 aliphatic carbocycles. The SMILES string of the molecule is CS(=O)(=O)N1CCCCC1C(=O)NCc1cccc(NC(=O)c2ccco2)c1. The largest absolute Gasteiger partial charge is 0.459 e. The molecule has 2 heterocycles. The van der Waals surface area contributed by atoms with Gasteiger partial charge in [0.05, 0.1) is 12.5 Å². The lowest BCUT2D eigenvalue weighted by molar-refractivity contribution is -0.125. The van der Waals surface area contributed by atoms with E-state index in [4.69, 9.17) is 4.42 Å². The first-order valence-corrected chi connectivity index (χ1v) is 10.9. The number of carbonyl (C=O) groups is 2. The Bertz CT molecular complexity index is 940. The number of hydrogen-bond acceptors (Lipinski definition) is 5. The van der Waals surface area contributed by atoms with Gasteiger partial charge in [-0.1, -0.05) is 18.6 Å². The zero-order chi connectivity index (χ0) is 20.1. The van der Waals surface area contributed by atoms with Gasteiger partial charge in [-0.05, 0) is 42.7 Å². The molecule has 0 bridgehead atoms. The summed E-state index contributed by atoms with van der Waals surface area (Å²) >= 11 is 0. The summed E-state index contributed by atoms with van der Waals surface area (Å²) in [5.41, 5.74) is 1.36. The topological polar surface area (TPSA) is 109 Å². The standard InChI is InChI=1S/C19H23N3O5S/c1-28(25,26)22-10-3-2-8-16(22)18(23)20-13-14-6-4-7-15(12-14)21-19(24)17-9-5-11-27-17/h4-7,9,11-12,16H,2-3,8,10,13H2,1H3,(H,20,23)(H,21,24). The van der Waals surface area contributed by atoms with Crippen molar-refractivity contribution in [2.75, 3.05) is 18.1 Å². The Balaban J connectivity index is 1.61. The van der Waals surface area contributed by atoms with Crippen molar-refractivity contribution < 1.29 is 22.4 Å². The summed E-state index contributed by atoms with van der Waals surface area (Å²) in [6, 6.07) is 9.59. The van der Waals surface area contributed by atoms with Crippen LogP contribution in [0.1, 0.15) is 35.4 Å². The molecule has 0 radical (unpaired) electrons. The monoisotopic (exact) mass is 405 g/mol. The zero-order valence-corrected chi connectivity index (χ0v) is 16.4. The summed E-state index contributed by atoms with van der Waals surface area (Å²) in [5.74, 6) is -0.468. The van der Waals surface area contributed by atoms with Crippen LogP contribution in [0.15, 0.2) is 47.1 Å². The summed E-state index contributed by atoms with van der Waals surface area (Å²) in [4.78, 5) is 24.6. The lowest BCUT2D eigenvalue weighted by atomic mass is 10.0. The number of carbonyl (C=O) groups excluding carboxylic acids is 2. The first-order valence-electron chi connectivity index (χ1n) is 9.03. The maximum Gasteiger partial charge on any atom is 0.291 e. The van der Waals surface area contributed by atoms with Crippen molar-refractivity contribution in [3.8, 4) is 0 Å². The van der Waals surface area contributed by atoms with E-state index in [9.17, 15) is 18.0 Å². The average Bonchev–Trinajstić information content (AvgIpc) is 3.21. The fourth-order valence-electron chi connectivity index (χ4n) is 3.23. The van der Waals surface area contributed by atoms with Crippen molar-refractivity contribution in [2.45, 2.75) is 31.8 Å². The van der Waals surface area contributed by atoms with Crippen LogP contribution in [-0.4, -0.2) is 43.4 Å². The van der Waals surface area contributed by atoms with Crippen LogP contribution in [0.4, 0.5) is 5.69 Å². The van der Waals surface area contributed by atoms with Gasteiger partial charge in [0.15, 0.2) is 5.76 Å². The molecule has 3 rings (SSSR count). The van der Waals surface area contributed by atoms with E-state index < -0.39 is 16.1 Å². The second kappa shape index (κ2) is 8.57. The number of nitrogens with one attached hydrogen (secondary N) is 2. The quantitative estimate of drug-likeness (QED) is 0.764. The number of hydrogen-bond donors (Lipinski definition) is 2. The predicted octanol–water partition coefficient (Wildman–Crippen LogP) is 1.96. The average molecular weight is 405 g/mol.